The molecule has 102 valence electrons. The summed E-state index contributed by atoms with van der Waals surface area (Å²) in [4.78, 5) is 0. The normalized spacial score (nSPS) is 40.4. The number of piperidine rings is 1. The van der Waals surface area contributed by atoms with Crippen molar-refractivity contribution in [3.8, 4) is 0 Å². The van der Waals surface area contributed by atoms with Gasteiger partial charge in [-0.15, -0.1) is 0 Å². The van der Waals surface area contributed by atoms with E-state index in [-0.39, 0.29) is 0 Å². The zero-order chi connectivity index (χ0) is 12.9. The molecule has 1 saturated carbocycles. The van der Waals surface area contributed by atoms with Crippen LogP contribution in [-0.2, 0) is 11.8 Å². The first-order valence-corrected chi connectivity index (χ1v) is 7.82. The highest BCUT2D eigenvalue weighted by atomic mass is 15.0. The van der Waals surface area contributed by atoms with E-state index in [1.54, 1.807) is 11.1 Å². The van der Waals surface area contributed by atoms with Crippen LogP contribution in [0.25, 0.3) is 0 Å². The van der Waals surface area contributed by atoms with Crippen LogP contribution in [0.4, 0.5) is 0 Å². The molecule has 0 amide bonds. The summed E-state index contributed by atoms with van der Waals surface area (Å²) in [5.74, 6) is 0.862. The Kier molecular flexibility index (Phi) is 2.71. The molecule has 4 atom stereocenters. The average molecular weight is 256 g/mol. The minimum Gasteiger partial charge on any atom is -0.317 e. The first-order valence-electron chi connectivity index (χ1n) is 7.82. The van der Waals surface area contributed by atoms with Crippen LogP contribution in [0, 0.1) is 5.92 Å². The van der Waals surface area contributed by atoms with Gasteiger partial charge in [-0.2, -0.15) is 0 Å². The SMILES string of the molecule is CNC1CC[C@H]2[C@H]3Cc4ccccc4[C@@]2(CCN3)C1. The molecule has 1 heterocycles. The molecule has 2 aliphatic carbocycles. The molecule has 0 spiro atoms. The molecule has 0 aromatic heterocycles. The molecular weight excluding hydrogens is 232 g/mol. The standard InChI is InChI=1S/C17H24N2/c1-18-13-6-7-15-16-10-12-4-2-3-5-14(12)17(15,11-13)8-9-19-16/h2-5,13,15-16,18-19H,6-11H2,1H3/t13?,15-,16+,17+/m0/s1. The molecule has 2 bridgehead atoms. The van der Waals surface area contributed by atoms with E-state index in [2.05, 4.69) is 41.9 Å². The van der Waals surface area contributed by atoms with Crippen LogP contribution in [-0.4, -0.2) is 25.7 Å². The predicted octanol–water partition coefficient (Wildman–Crippen LogP) is 2.23. The van der Waals surface area contributed by atoms with Gasteiger partial charge in [0.05, 0.1) is 0 Å². The lowest BCUT2D eigenvalue weighted by Gasteiger charge is -2.57. The summed E-state index contributed by atoms with van der Waals surface area (Å²) in [5, 5.41) is 7.34. The summed E-state index contributed by atoms with van der Waals surface area (Å²) in [6.07, 6.45) is 6.64. The van der Waals surface area contributed by atoms with Crippen LogP contribution in [0.5, 0.6) is 0 Å². The van der Waals surface area contributed by atoms with Crippen molar-refractivity contribution in [1.82, 2.24) is 10.6 Å². The van der Waals surface area contributed by atoms with Crippen LogP contribution in [0.3, 0.4) is 0 Å². The van der Waals surface area contributed by atoms with Crippen LogP contribution in [0.15, 0.2) is 24.3 Å². The van der Waals surface area contributed by atoms with Gasteiger partial charge in [0, 0.05) is 17.5 Å². The third kappa shape index (κ3) is 1.63. The van der Waals surface area contributed by atoms with Gasteiger partial charge in [0.25, 0.3) is 0 Å². The Bertz CT molecular complexity index is 484. The second-order valence-electron chi connectivity index (χ2n) is 6.70. The van der Waals surface area contributed by atoms with Gasteiger partial charge in [-0.05, 0) is 62.7 Å². The molecule has 3 aliphatic rings. The maximum Gasteiger partial charge on any atom is 0.0144 e. The summed E-state index contributed by atoms with van der Waals surface area (Å²) in [6.45, 7) is 1.20. The molecule has 2 fully saturated rings. The van der Waals surface area contributed by atoms with Gasteiger partial charge in [-0.25, -0.2) is 0 Å². The molecule has 4 rings (SSSR count). The molecule has 19 heavy (non-hydrogen) atoms. The molecule has 1 aromatic carbocycles. The van der Waals surface area contributed by atoms with Gasteiger partial charge in [-0.3, -0.25) is 0 Å². The lowest BCUT2D eigenvalue weighted by Crippen LogP contribution is -2.62. The minimum atomic E-state index is 0.455. The van der Waals surface area contributed by atoms with Gasteiger partial charge >= 0.3 is 0 Å². The maximum absolute atomic E-state index is 3.80. The Hall–Kier alpha value is -0.860. The molecule has 1 saturated heterocycles. The van der Waals surface area contributed by atoms with Crippen molar-refractivity contribution >= 4 is 0 Å². The summed E-state index contributed by atoms with van der Waals surface area (Å²) in [5.41, 5.74) is 3.74. The molecule has 2 heteroatoms. The second kappa shape index (κ2) is 4.32. The van der Waals surface area contributed by atoms with E-state index in [1.807, 2.05) is 0 Å². The van der Waals surface area contributed by atoms with E-state index >= 15 is 0 Å². The zero-order valence-corrected chi connectivity index (χ0v) is 11.8. The highest BCUT2D eigenvalue weighted by Crippen LogP contribution is 2.53. The van der Waals surface area contributed by atoms with Crippen molar-refractivity contribution < 1.29 is 0 Å². The Morgan fingerprint density at radius 2 is 2.16 bits per heavy atom. The van der Waals surface area contributed by atoms with Crippen LogP contribution in [0.2, 0.25) is 0 Å². The van der Waals surface area contributed by atoms with Gasteiger partial charge in [0.15, 0.2) is 0 Å². The maximum atomic E-state index is 3.80. The number of hydrogen-bond acceptors (Lipinski definition) is 2. The fourth-order valence-electron chi connectivity index (χ4n) is 5.17. The number of nitrogens with one attached hydrogen (secondary N) is 2. The summed E-state index contributed by atoms with van der Waals surface area (Å²) >= 11 is 0. The van der Waals surface area contributed by atoms with E-state index in [0.717, 1.165) is 12.0 Å². The topological polar surface area (TPSA) is 24.1 Å². The molecule has 0 radical (unpaired) electrons. The molecule has 1 aromatic rings. The van der Waals surface area contributed by atoms with E-state index in [9.17, 15) is 0 Å². The third-order valence-electron chi connectivity index (χ3n) is 6.01. The molecule has 1 unspecified atom stereocenters. The molecular formula is C17H24N2. The van der Waals surface area contributed by atoms with Crippen LogP contribution in [0.1, 0.15) is 36.8 Å². The van der Waals surface area contributed by atoms with Gasteiger partial charge < -0.3 is 10.6 Å². The van der Waals surface area contributed by atoms with Crippen molar-refractivity contribution in [1.29, 1.82) is 0 Å². The zero-order valence-electron chi connectivity index (χ0n) is 11.8. The van der Waals surface area contributed by atoms with Crippen molar-refractivity contribution in [2.75, 3.05) is 13.6 Å². The first-order chi connectivity index (χ1) is 9.33. The van der Waals surface area contributed by atoms with E-state index in [1.165, 1.54) is 38.6 Å². The molecule has 2 nitrogen and oxygen atoms in total. The molecule has 2 N–H and O–H groups in total. The summed E-state index contributed by atoms with van der Waals surface area (Å²) in [6, 6.07) is 10.7. The summed E-state index contributed by atoms with van der Waals surface area (Å²) in [7, 11) is 2.13. The number of rotatable bonds is 1. The highest BCUT2D eigenvalue weighted by Gasteiger charge is 2.52. The molecule has 1 aliphatic heterocycles. The highest BCUT2D eigenvalue weighted by molar-refractivity contribution is 5.41. The Morgan fingerprint density at radius 1 is 1.26 bits per heavy atom. The number of benzene rings is 1. The van der Waals surface area contributed by atoms with Gasteiger partial charge in [0.1, 0.15) is 0 Å². The van der Waals surface area contributed by atoms with Gasteiger partial charge in [0.2, 0.25) is 0 Å². The van der Waals surface area contributed by atoms with E-state index in [0.29, 0.717) is 11.5 Å². The van der Waals surface area contributed by atoms with E-state index in [4.69, 9.17) is 0 Å². The van der Waals surface area contributed by atoms with E-state index < -0.39 is 0 Å². The average Bonchev–Trinajstić information content (AvgIpc) is 2.46. The Labute approximate surface area is 116 Å². The van der Waals surface area contributed by atoms with Gasteiger partial charge in [-0.1, -0.05) is 24.3 Å². The second-order valence-corrected chi connectivity index (χ2v) is 6.70. The summed E-state index contributed by atoms with van der Waals surface area (Å²) < 4.78 is 0. The lowest BCUT2D eigenvalue weighted by molar-refractivity contribution is 0.0644. The van der Waals surface area contributed by atoms with Crippen molar-refractivity contribution in [3.63, 3.8) is 0 Å². The largest absolute Gasteiger partial charge is 0.317 e. The fourth-order valence-corrected chi connectivity index (χ4v) is 5.17. The quantitative estimate of drug-likeness (QED) is 0.805. The lowest BCUT2D eigenvalue weighted by atomic mass is 9.52. The Balaban J connectivity index is 1.84. The van der Waals surface area contributed by atoms with Crippen molar-refractivity contribution in [3.05, 3.63) is 35.4 Å². The fraction of sp³-hybridized carbons (Fsp3) is 0.647. The number of hydrogen-bond donors (Lipinski definition) is 2. The van der Waals surface area contributed by atoms with Crippen LogP contribution < -0.4 is 10.6 Å². The first kappa shape index (κ1) is 11.9. The van der Waals surface area contributed by atoms with Crippen molar-refractivity contribution in [2.45, 2.75) is 49.6 Å². The monoisotopic (exact) mass is 256 g/mol. The Morgan fingerprint density at radius 3 is 3.05 bits per heavy atom. The minimum absolute atomic E-state index is 0.455. The van der Waals surface area contributed by atoms with Crippen molar-refractivity contribution in [2.24, 2.45) is 5.92 Å². The smallest absolute Gasteiger partial charge is 0.0144 e. The predicted molar refractivity (Wildman–Crippen MR) is 78.4 cm³/mol. The number of fused-ring (bicyclic) bond motifs is 1. The van der Waals surface area contributed by atoms with Crippen LogP contribution >= 0.6 is 0 Å². The third-order valence-corrected chi connectivity index (χ3v) is 6.01.